The Bertz CT molecular complexity index is 479. The second kappa shape index (κ2) is 6.70. The Labute approximate surface area is 118 Å². The lowest BCUT2D eigenvalue weighted by Gasteiger charge is -2.25. The molecule has 0 radical (unpaired) electrons. The zero-order chi connectivity index (χ0) is 14.5. The van der Waals surface area contributed by atoms with Crippen LogP contribution in [0.3, 0.4) is 0 Å². The topological polar surface area (TPSA) is 61.4 Å². The van der Waals surface area contributed by atoms with Crippen LogP contribution in [-0.4, -0.2) is 23.8 Å². The second-order valence-corrected chi connectivity index (χ2v) is 5.50. The lowest BCUT2D eigenvalue weighted by atomic mass is 9.87. The zero-order valence-corrected chi connectivity index (χ0v) is 11.7. The third-order valence-electron chi connectivity index (χ3n) is 3.68. The number of carbonyl (C=O) groups is 1. The van der Waals surface area contributed by atoms with E-state index < -0.39 is 11.8 Å². The number of amides is 2. The highest BCUT2D eigenvalue weighted by molar-refractivity contribution is 5.89. The molecule has 1 saturated carbocycles. The number of halogens is 1. The van der Waals surface area contributed by atoms with E-state index in [0.717, 1.165) is 31.2 Å². The first-order valence-electron chi connectivity index (χ1n) is 7.03. The van der Waals surface area contributed by atoms with Crippen molar-refractivity contribution in [2.24, 2.45) is 5.92 Å². The van der Waals surface area contributed by atoms with Gasteiger partial charge in [0, 0.05) is 6.54 Å². The van der Waals surface area contributed by atoms with Gasteiger partial charge in [0.25, 0.3) is 0 Å². The molecule has 0 aromatic heterocycles. The fourth-order valence-electron chi connectivity index (χ4n) is 2.57. The van der Waals surface area contributed by atoms with Crippen LogP contribution in [0, 0.1) is 18.7 Å². The third kappa shape index (κ3) is 4.20. The van der Waals surface area contributed by atoms with Gasteiger partial charge in [0.15, 0.2) is 0 Å². The molecule has 2 unspecified atom stereocenters. The molecule has 0 bridgehead atoms. The first-order valence-corrected chi connectivity index (χ1v) is 7.03. The number of aliphatic hydroxyl groups is 1. The molecule has 1 aromatic rings. The van der Waals surface area contributed by atoms with E-state index in [-0.39, 0.29) is 11.8 Å². The smallest absolute Gasteiger partial charge is 0.319 e. The number of nitrogens with one attached hydrogen (secondary N) is 2. The molecule has 2 amide bonds. The molecule has 2 rings (SSSR count). The van der Waals surface area contributed by atoms with Crippen molar-refractivity contribution in [3.05, 3.63) is 29.6 Å². The van der Waals surface area contributed by atoms with Crippen molar-refractivity contribution in [3.8, 4) is 0 Å². The molecule has 1 fully saturated rings. The largest absolute Gasteiger partial charge is 0.393 e. The van der Waals surface area contributed by atoms with Crippen LogP contribution >= 0.6 is 0 Å². The Kier molecular flexibility index (Phi) is 4.95. The summed E-state index contributed by atoms with van der Waals surface area (Å²) in [5.74, 6) is -0.138. The van der Waals surface area contributed by atoms with E-state index in [1.54, 1.807) is 19.1 Å². The number of aliphatic hydroxyl groups excluding tert-OH is 1. The van der Waals surface area contributed by atoms with Gasteiger partial charge in [-0.05, 0) is 49.8 Å². The standard InChI is InChI=1S/C15H21FN2O2/c1-10-5-6-14(13(16)7-10)18-15(20)17-9-11-3-2-4-12(19)8-11/h5-7,11-12,19H,2-4,8-9H2,1H3,(H2,17,18,20). The summed E-state index contributed by atoms with van der Waals surface area (Å²) in [4.78, 5) is 11.7. The molecule has 0 heterocycles. The van der Waals surface area contributed by atoms with Gasteiger partial charge in [-0.3, -0.25) is 0 Å². The molecule has 2 atom stereocenters. The van der Waals surface area contributed by atoms with Crippen molar-refractivity contribution in [1.29, 1.82) is 0 Å². The van der Waals surface area contributed by atoms with E-state index in [1.807, 2.05) is 0 Å². The average Bonchev–Trinajstić information content (AvgIpc) is 2.40. The minimum Gasteiger partial charge on any atom is -0.393 e. The summed E-state index contributed by atoms with van der Waals surface area (Å²) in [6, 6.07) is 4.27. The van der Waals surface area contributed by atoms with Gasteiger partial charge in [-0.2, -0.15) is 0 Å². The van der Waals surface area contributed by atoms with E-state index in [0.29, 0.717) is 12.5 Å². The Morgan fingerprint density at radius 2 is 2.25 bits per heavy atom. The van der Waals surface area contributed by atoms with Gasteiger partial charge in [-0.15, -0.1) is 0 Å². The van der Waals surface area contributed by atoms with E-state index in [9.17, 15) is 14.3 Å². The lowest BCUT2D eigenvalue weighted by molar-refractivity contribution is 0.101. The van der Waals surface area contributed by atoms with Crippen LogP contribution in [0.15, 0.2) is 18.2 Å². The number of anilines is 1. The first-order chi connectivity index (χ1) is 9.54. The maximum absolute atomic E-state index is 13.6. The molecule has 4 nitrogen and oxygen atoms in total. The second-order valence-electron chi connectivity index (χ2n) is 5.50. The predicted octanol–water partition coefficient (Wildman–Crippen LogP) is 2.81. The van der Waals surface area contributed by atoms with Crippen molar-refractivity contribution in [1.82, 2.24) is 5.32 Å². The van der Waals surface area contributed by atoms with E-state index in [4.69, 9.17) is 0 Å². The normalized spacial score (nSPS) is 22.4. The molecule has 20 heavy (non-hydrogen) atoms. The molecule has 1 aromatic carbocycles. The zero-order valence-electron chi connectivity index (χ0n) is 11.7. The monoisotopic (exact) mass is 280 g/mol. The third-order valence-corrected chi connectivity index (χ3v) is 3.68. The molecule has 0 aliphatic heterocycles. The summed E-state index contributed by atoms with van der Waals surface area (Å²) in [6.45, 7) is 2.30. The predicted molar refractivity (Wildman–Crippen MR) is 76.1 cm³/mol. The molecule has 0 saturated heterocycles. The molecule has 0 spiro atoms. The van der Waals surface area contributed by atoms with Gasteiger partial charge in [-0.25, -0.2) is 9.18 Å². The summed E-state index contributed by atoms with van der Waals surface area (Å²) in [5, 5.41) is 14.8. The molecular formula is C15H21FN2O2. The number of hydrogen-bond acceptors (Lipinski definition) is 2. The van der Waals surface area contributed by atoms with Crippen LogP contribution in [0.25, 0.3) is 0 Å². The maximum atomic E-state index is 13.6. The minimum absolute atomic E-state index is 0.178. The van der Waals surface area contributed by atoms with Crippen LogP contribution in [-0.2, 0) is 0 Å². The number of rotatable bonds is 3. The van der Waals surface area contributed by atoms with Gasteiger partial charge in [0.05, 0.1) is 11.8 Å². The SMILES string of the molecule is Cc1ccc(NC(=O)NCC2CCCC(O)C2)c(F)c1. The highest BCUT2D eigenvalue weighted by Crippen LogP contribution is 2.23. The lowest BCUT2D eigenvalue weighted by Crippen LogP contribution is -2.35. The van der Waals surface area contributed by atoms with Gasteiger partial charge in [0.1, 0.15) is 5.82 Å². The first kappa shape index (κ1) is 14.8. The number of benzene rings is 1. The van der Waals surface area contributed by atoms with Crippen molar-refractivity contribution in [2.75, 3.05) is 11.9 Å². The summed E-state index contributed by atoms with van der Waals surface area (Å²) in [6.07, 6.45) is 3.31. The van der Waals surface area contributed by atoms with Crippen molar-refractivity contribution >= 4 is 11.7 Å². The van der Waals surface area contributed by atoms with Crippen molar-refractivity contribution < 1.29 is 14.3 Å². The number of urea groups is 1. The molecule has 1 aliphatic rings. The minimum atomic E-state index is -0.437. The van der Waals surface area contributed by atoms with E-state index in [2.05, 4.69) is 10.6 Å². The van der Waals surface area contributed by atoms with Crippen molar-refractivity contribution in [3.63, 3.8) is 0 Å². The summed E-state index contributed by atoms with van der Waals surface area (Å²) >= 11 is 0. The summed E-state index contributed by atoms with van der Waals surface area (Å²) in [5.41, 5.74) is 0.987. The Morgan fingerprint density at radius 3 is 2.95 bits per heavy atom. The molecule has 3 N–H and O–H groups in total. The number of aryl methyl sites for hydroxylation is 1. The molecule has 1 aliphatic carbocycles. The van der Waals surface area contributed by atoms with Gasteiger partial charge in [-0.1, -0.05) is 12.5 Å². The summed E-state index contributed by atoms with van der Waals surface area (Å²) < 4.78 is 13.6. The molecular weight excluding hydrogens is 259 g/mol. The summed E-state index contributed by atoms with van der Waals surface area (Å²) in [7, 11) is 0. The fraction of sp³-hybridized carbons (Fsp3) is 0.533. The van der Waals surface area contributed by atoms with Crippen LogP contribution in [0.1, 0.15) is 31.2 Å². The van der Waals surface area contributed by atoms with Crippen LogP contribution in [0.5, 0.6) is 0 Å². The van der Waals surface area contributed by atoms with Gasteiger partial charge in [0.2, 0.25) is 0 Å². The van der Waals surface area contributed by atoms with Crippen molar-refractivity contribution in [2.45, 2.75) is 38.7 Å². The van der Waals surface area contributed by atoms with Gasteiger partial charge < -0.3 is 15.7 Å². The van der Waals surface area contributed by atoms with Crippen LogP contribution in [0.2, 0.25) is 0 Å². The highest BCUT2D eigenvalue weighted by atomic mass is 19.1. The number of carbonyl (C=O) groups excluding carboxylic acids is 1. The van der Waals surface area contributed by atoms with E-state index in [1.165, 1.54) is 6.07 Å². The Morgan fingerprint density at radius 1 is 1.45 bits per heavy atom. The van der Waals surface area contributed by atoms with Crippen LogP contribution < -0.4 is 10.6 Å². The maximum Gasteiger partial charge on any atom is 0.319 e. The van der Waals surface area contributed by atoms with E-state index >= 15 is 0 Å². The fourth-order valence-corrected chi connectivity index (χ4v) is 2.57. The molecule has 110 valence electrons. The Balaban J connectivity index is 1.80. The highest BCUT2D eigenvalue weighted by Gasteiger charge is 2.20. The quantitative estimate of drug-likeness (QED) is 0.797. The van der Waals surface area contributed by atoms with Crippen LogP contribution in [0.4, 0.5) is 14.9 Å². The average molecular weight is 280 g/mol. The van der Waals surface area contributed by atoms with Gasteiger partial charge >= 0.3 is 6.03 Å². The number of hydrogen-bond donors (Lipinski definition) is 3. The molecule has 5 heteroatoms. The Hall–Kier alpha value is -1.62.